The molecule has 2 rings (SSSR count). The highest BCUT2D eigenvalue weighted by molar-refractivity contribution is 6.35. The van der Waals surface area contributed by atoms with Crippen LogP contribution >= 0.6 is 23.2 Å². The standard InChI is InChI=1S/C14H11Cl2FN2O2/c1-7(9-5-12(17)11(16)6-10(9)15)19-14(21)8-3-2-4-18-13(8)20/h2-7H,1H3,(H,18,20)(H,19,21)/t7-/m0/s1. The van der Waals surface area contributed by atoms with Crippen LogP contribution in [0.5, 0.6) is 0 Å². The molecule has 0 bridgehead atoms. The summed E-state index contributed by atoms with van der Waals surface area (Å²) in [7, 11) is 0. The topological polar surface area (TPSA) is 62.0 Å². The lowest BCUT2D eigenvalue weighted by Crippen LogP contribution is -2.31. The Morgan fingerprint density at radius 3 is 2.71 bits per heavy atom. The van der Waals surface area contributed by atoms with Gasteiger partial charge in [-0.3, -0.25) is 9.59 Å². The monoisotopic (exact) mass is 328 g/mol. The molecule has 0 unspecified atom stereocenters. The van der Waals surface area contributed by atoms with E-state index in [1.165, 1.54) is 24.4 Å². The smallest absolute Gasteiger partial charge is 0.260 e. The number of halogens is 3. The fourth-order valence-corrected chi connectivity index (χ4v) is 2.37. The first-order valence-corrected chi connectivity index (χ1v) is 6.78. The molecule has 1 amide bonds. The van der Waals surface area contributed by atoms with E-state index in [2.05, 4.69) is 10.3 Å². The second-order valence-corrected chi connectivity index (χ2v) is 5.21. The quantitative estimate of drug-likeness (QED) is 0.849. The number of hydrogen-bond donors (Lipinski definition) is 2. The number of benzene rings is 1. The molecule has 1 atom stereocenters. The molecule has 2 N–H and O–H groups in total. The lowest BCUT2D eigenvalue weighted by Gasteiger charge is -2.16. The summed E-state index contributed by atoms with van der Waals surface area (Å²) in [5, 5.41) is 2.72. The number of aromatic amines is 1. The van der Waals surface area contributed by atoms with Crippen LogP contribution in [0.4, 0.5) is 4.39 Å². The molecule has 0 saturated heterocycles. The summed E-state index contributed by atoms with van der Waals surface area (Å²) in [5.41, 5.74) is -0.162. The van der Waals surface area contributed by atoms with Gasteiger partial charge in [-0.15, -0.1) is 0 Å². The lowest BCUT2D eigenvalue weighted by molar-refractivity contribution is 0.0938. The highest BCUT2D eigenvalue weighted by atomic mass is 35.5. The van der Waals surface area contributed by atoms with Crippen LogP contribution < -0.4 is 10.9 Å². The number of amides is 1. The van der Waals surface area contributed by atoms with Crippen LogP contribution in [0.25, 0.3) is 0 Å². The van der Waals surface area contributed by atoms with Crippen molar-refractivity contribution in [3.8, 4) is 0 Å². The van der Waals surface area contributed by atoms with Crippen molar-refractivity contribution < 1.29 is 9.18 Å². The number of rotatable bonds is 3. The maximum Gasteiger partial charge on any atom is 0.260 e. The molecule has 7 heteroatoms. The van der Waals surface area contributed by atoms with Crippen LogP contribution in [0.15, 0.2) is 35.3 Å². The molecule has 4 nitrogen and oxygen atoms in total. The molecule has 0 aliphatic heterocycles. The molecular formula is C14H11Cl2FN2O2. The first-order valence-electron chi connectivity index (χ1n) is 6.03. The predicted molar refractivity (Wildman–Crippen MR) is 79.4 cm³/mol. The van der Waals surface area contributed by atoms with Gasteiger partial charge in [0.05, 0.1) is 11.1 Å². The normalized spacial score (nSPS) is 12.0. The van der Waals surface area contributed by atoms with E-state index in [1.54, 1.807) is 6.92 Å². The second kappa shape index (κ2) is 6.28. The van der Waals surface area contributed by atoms with Gasteiger partial charge in [0, 0.05) is 11.2 Å². The minimum atomic E-state index is -0.630. The second-order valence-electron chi connectivity index (χ2n) is 4.40. The molecule has 0 radical (unpaired) electrons. The number of hydrogen-bond acceptors (Lipinski definition) is 2. The van der Waals surface area contributed by atoms with E-state index >= 15 is 0 Å². The van der Waals surface area contributed by atoms with Crippen LogP contribution in [0.1, 0.15) is 28.9 Å². The van der Waals surface area contributed by atoms with Gasteiger partial charge in [0.2, 0.25) is 0 Å². The predicted octanol–water partition coefficient (Wildman–Crippen LogP) is 3.31. The van der Waals surface area contributed by atoms with Gasteiger partial charge in [0.1, 0.15) is 11.4 Å². The summed E-state index contributed by atoms with van der Waals surface area (Å²) in [6, 6.07) is 4.77. The molecule has 1 heterocycles. The molecule has 1 aromatic heterocycles. The lowest BCUT2D eigenvalue weighted by atomic mass is 10.1. The molecule has 2 aromatic rings. The zero-order chi connectivity index (χ0) is 15.6. The largest absolute Gasteiger partial charge is 0.345 e. The number of pyridine rings is 1. The maximum absolute atomic E-state index is 13.5. The number of nitrogens with one attached hydrogen (secondary N) is 2. The highest BCUT2D eigenvalue weighted by Crippen LogP contribution is 2.28. The average molecular weight is 329 g/mol. The Balaban J connectivity index is 2.24. The fourth-order valence-electron chi connectivity index (χ4n) is 1.82. The van der Waals surface area contributed by atoms with Gasteiger partial charge in [0.25, 0.3) is 11.5 Å². The van der Waals surface area contributed by atoms with Gasteiger partial charge in [-0.25, -0.2) is 4.39 Å². The SMILES string of the molecule is C[C@H](NC(=O)c1ccc[nH]c1=O)c1cc(F)c(Cl)cc1Cl. The zero-order valence-electron chi connectivity index (χ0n) is 10.9. The van der Waals surface area contributed by atoms with Crippen LogP contribution in [0, 0.1) is 5.82 Å². The summed E-state index contributed by atoms with van der Waals surface area (Å²) in [6.07, 6.45) is 1.42. The van der Waals surface area contributed by atoms with Crippen molar-refractivity contribution in [2.24, 2.45) is 0 Å². The van der Waals surface area contributed by atoms with Crippen molar-refractivity contribution in [3.05, 3.63) is 67.8 Å². The average Bonchev–Trinajstić information content (AvgIpc) is 2.43. The molecule has 0 aliphatic carbocycles. The third-order valence-corrected chi connectivity index (χ3v) is 3.53. The van der Waals surface area contributed by atoms with Crippen molar-refractivity contribution in [3.63, 3.8) is 0 Å². The van der Waals surface area contributed by atoms with E-state index in [-0.39, 0.29) is 15.6 Å². The number of carbonyl (C=O) groups is 1. The van der Waals surface area contributed by atoms with Crippen molar-refractivity contribution in [2.45, 2.75) is 13.0 Å². The van der Waals surface area contributed by atoms with Gasteiger partial charge in [-0.1, -0.05) is 23.2 Å². The van der Waals surface area contributed by atoms with Crippen molar-refractivity contribution in [1.29, 1.82) is 0 Å². The van der Waals surface area contributed by atoms with E-state index in [0.29, 0.717) is 5.56 Å². The minimum Gasteiger partial charge on any atom is -0.345 e. The minimum absolute atomic E-state index is 0.0325. The third kappa shape index (κ3) is 3.43. The molecular weight excluding hydrogens is 318 g/mol. The summed E-state index contributed by atoms with van der Waals surface area (Å²) in [5.74, 6) is -1.20. The van der Waals surface area contributed by atoms with Crippen LogP contribution in [0.3, 0.4) is 0 Å². The fraction of sp³-hybridized carbons (Fsp3) is 0.143. The Labute approximate surface area is 129 Å². The summed E-state index contributed by atoms with van der Waals surface area (Å²) < 4.78 is 13.5. The first kappa shape index (κ1) is 15.5. The van der Waals surface area contributed by atoms with E-state index in [0.717, 1.165) is 6.07 Å². The molecule has 0 aliphatic rings. The van der Waals surface area contributed by atoms with Crippen LogP contribution in [-0.4, -0.2) is 10.9 Å². The van der Waals surface area contributed by atoms with E-state index < -0.39 is 23.3 Å². The summed E-state index contributed by atoms with van der Waals surface area (Å²) in [6.45, 7) is 1.63. The van der Waals surface area contributed by atoms with Crippen molar-refractivity contribution in [2.75, 3.05) is 0 Å². The van der Waals surface area contributed by atoms with Gasteiger partial charge >= 0.3 is 0 Å². The van der Waals surface area contributed by atoms with E-state index in [1.807, 2.05) is 0 Å². The summed E-state index contributed by atoms with van der Waals surface area (Å²) >= 11 is 11.6. The Hall–Kier alpha value is -1.85. The van der Waals surface area contributed by atoms with Gasteiger partial charge in [-0.05, 0) is 36.8 Å². The molecule has 110 valence electrons. The van der Waals surface area contributed by atoms with Gasteiger partial charge in [-0.2, -0.15) is 0 Å². The molecule has 0 spiro atoms. The van der Waals surface area contributed by atoms with Crippen LogP contribution in [-0.2, 0) is 0 Å². The molecule has 0 saturated carbocycles. The van der Waals surface area contributed by atoms with Crippen molar-refractivity contribution >= 4 is 29.1 Å². The van der Waals surface area contributed by atoms with Crippen LogP contribution in [0.2, 0.25) is 10.0 Å². The highest BCUT2D eigenvalue weighted by Gasteiger charge is 2.17. The first-order chi connectivity index (χ1) is 9.90. The van der Waals surface area contributed by atoms with E-state index in [9.17, 15) is 14.0 Å². The number of aromatic nitrogens is 1. The molecule has 0 fully saturated rings. The molecule has 1 aromatic carbocycles. The Kier molecular flexibility index (Phi) is 4.65. The Morgan fingerprint density at radius 1 is 1.33 bits per heavy atom. The Morgan fingerprint density at radius 2 is 2.05 bits per heavy atom. The van der Waals surface area contributed by atoms with Gasteiger partial charge < -0.3 is 10.3 Å². The van der Waals surface area contributed by atoms with Gasteiger partial charge in [0.15, 0.2) is 0 Å². The summed E-state index contributed by atoms with van der Waals surface area (Å²) in [4.78, 5) is 25.9. The third-order valence-electron chi connectivity index (χ3n) is 2.92. The zero-order valence-corrected chi connectivity index (χ0v) is 12.4. The number of H-pyrrole nitrogens is 1. The van der Waals surface area contributed by atoms with Crippen molar-refractivity contribution in [1.82, 2.24) is 10.3 Å². The maximum atomic E-state index is 13.5. The number of carbonyl (C=O) groups excluding carboxylic acids is 1. The Bertz CT molecular complexity index is 746. The van der Waals surface area contributed by atoms with E-state index in [4.69, 9.17) is 23.2 Å². The molecule has 21 heavy (non-hydrogen) atoms.